The van der Waals surface area contributed by atoms with Gasteiger partial charge in [0.2, 0.25) is 6.79 Å². The van der Waals surface area contributed by atoms with E-state index in [1.165, 1.54) is 9.60 Å². The zero-order valence-electron chi connectivity index (χ0n) is 15.4. The quantitative estimate of drug-likeness (QED) is 0.693. The molecule has 3 aromatic rings. The van der Waals surface area contributed by atoms with Gasteiger partial charge in [0, 0.05) is 19.4 Å². The Kier molecular flexibility index (Phi) is 4.62. The van der Waals surface area contributed by atoms with E-state index in [2.05, 4.69) is 17.4 Å². The van der Waals surface area contributed by atoms with Gasteiger partial charge in [-0.2, -0.15) is 0 Å². The zero-order valence-corrected chi connectivity index (χ0v) is 16.3. The molecule has 3 heterocycles. The Balaban J connectivity index is 1.21. The van der Waals surface area contributed by atoms with Crippen molar-refractivity contribution >= 4 is 27.5 Å². The predicted octanol–water partition coefficient (Wildman–Crippen LogP) is 2.06. The second-order valence-electron chi connectivity index (χ2n) is 7.26. The SMILES string of the molecule is O=C(C[NH+]1CCC[C@@H]1c1nc2ccccc2s1)NCc1ccc2c(c1)OCO2. The highest BCUT2D eigenvalue weighted by atomic mass is 32.1. The first-order chi connectivity index (χ1) is 13.8. The zero-order chi connectivity index (χ0) is 18.9. The number of hydrogen-bond acceptors (Lipinski definition) is 5. The van der Waals surface area contributed by atoms with E-state index in [0.29, 0.717) is 19.1 Å². The largest absolute Gasteiger partial charge is 0.454 e. The van der Waals surface area contributed by atoms with Crippen molar-refractivity contribution in [1.29, 1.82) is 0 Å². The molecule has 2 aliphatic rings. The molecule has 1 amide bonds. The lowest BCUT2D eigenvalue weighted by atomic mass is 10.2. The topological polar surface area (TPSA) is 64.9 Å². The number of thiazole rings is 1. The van der Waals surface area contributed by atoms with Crippen LogP contribution in [0.2, 0.25) is 0 Å². The van der Waals surface area contributed by atoms with Crippen molar-refractivity contribution in [3.8, 4) is 11.5 Å². The van der Waals surface area contributed by atoms with E-state index >= 15 is 0 Å². The Morgan fingerprint density at radius 2 is 2.11 bits per heavy atom. The van der Waals surface area contributed by atoms with Crippen molar-refractivity contribution in [3.05, 3.63) is 53.0 Å². The molecule has 0 aliphatic carbocycles. The Morgan fingerprint density at radius 3 is 3.04 bits per heavy atom. The molecule has 144 valence electrons. The minimum atomic E-state index is 0.0701. The summed E-state index contributed by atoms with van der Waals surface area (Å²) in [6.07, 6.45) is 2.22. The summed E-state index contributed by atoms with van der Waals surface area (Å²) in [6, 6.07) is 14.3. The van der Waals surface area contributed by atoms with Crippen LogP contribution in [0, 0.1) is 0 Å². The van der Waals surface area contributed by atoms with E-state index < -0.39 is 0 Å². The van der Waals surface area contributed by atoms with Crippen LogP contribution in [0.25, 0.3) is 10.2 Å². The number of benzene rings is 2. The number of para-hydroxylation sites is 1. The first kappa shape index (κ1) is 17.5. The highest BCUT2D eigenvalue weighted by Gasteiger charge is 2.33. The maximum Gasteiger partial charge on any atom is 0.275 e. The molecular weight excluding hydrogens is 374 g/mol. The number of hydrogen-bond donors (Lipinski definition) is 2. The average Bonchev–Trinajstić information content (AvgIpc) is 3.44. The summed E-state index contributed by atoms with van der Waals surface area (Å²) >= 11 is 1.76. The Labute approximate surface area is 167 Å². The monoisotopic (exact) mass is 396 g/mol. The molecule has 1 aromatic heterocycles. The van der Waals surface area contributed by atoms with Crippen LogP contribution in [-0.4, -0.2) is 30.8 Å². The van der Waals surface area contributed by atoms with Crippen LogP contribution in [0.4, 0.5) is 0 Å². The lowest BCUT2D eigenvalue weighted by molar-refractivity contribution is -0.910. The van der Waals surface area contributed by atoms with Crippen LogP contribution in [0.15, 0.2) is 42.5 Å². The van der Waals surface area contributed by atoms with Crippen LogP contribution in [0.5, 0.6) is 11.5 Å². The van der Waals surface area contributed by atoms with Gasteiger partial charge < -0.3 is 19.7 Å². The fourth-order valence-electron chi connectivity index (χ4n) is 3.98. The molecule has 1 unspecified atom stereocenters. The Hall–Kier alpha value is -2.64. The molecule has 0 spiro atoms. The van der Waals surface area contributed by atoms with E-state index in [1.54, 1.807) is 11.3 Å². The Bertz CT molecular complexity index is 986. The highest BCUT2D eigenvalue weighted by Crippen LogP contribution is 2.32. The summed E-state index contributed by atoms with van der Waals surface area (Å²) in [5, 5.41) is 4.19. The van der Waals surface area contributed by atoms with E-state index in [0.717, 1.165) is 47.0 Å². The van der Waals surface area contributed by atoms with Gasteiger partial charge in [-0.25, -0.2) is 4.98 Å². The van der Waals surface area contributed by atoms with Gasteiger partial charge in [-0.15, -0.1) is 11.3 Å². The normalized spacial score (nSPS) is 20.6. The predicted molar refractivity (Wildman–Crippen MR) is 107 cm³/mol. The third kappa shape index (κ3) is 3.43. The number of nitrogens with one attached hydrogen (secondary N) is 2. The van der Waals surface area contributed by atoms with Crippen molar-refractivity contribution in [2.75, 3.05) is 19.9 Å². The lowest BCUT2D eigenvalue weighted by Gasteiger charge is -2.19. The number of carbonyl (C=O) groups is 1. The maximum absolute atomic E-state index is 12.6. The van der Waals surface area contributed by atoms with E-state index in [-0.39, 0.29) is 12.7 Å². The van der Waals surface area contributed by atoms with Crippen molar-refractivity contribution < 1.29 is 19.2 Å². The second kappa shape index (κ2) is 7.41. The summed E-state index contributed by atoms with van der Waals surface area (Å²) in [6.45, 7) is 2.24. The van der Waals surface area contributed by atoms with Crippen LogP contribution in [-0.2, 0) is 11.3 Å². The summed E-state index contributed by atoms with van der Waals surface area (Å²) in [4.78, 5) is 18.7. The molecule has 7 heteroatoms. The number of rotatable bonds is 5. The van der Waals surface area contributed by atoms with Crippen LogP contribution < -0.4 is 19.7 Å². The third-order valence-corrected chi connectivity index (χ3v) is 6.56. The third-order valence-electron chi connectivity index (χ3n) is 5.41. The van der Waals surface area contributed by atoms with Crippen molar-refractivity contribution in [2.45, 2.75) is 25.4 Å². The van der Waals surface area contributed by atoms with Crippen LogP contribution in [0.1, 0.15) is 29.5 Å². The molecule has 0 bridgehead atoms. The number of carbonyl (C=O) groups excluding carboxylic acids is 1. The van der Waals surface area contributed by atoms with Gasteiger partial charge in [0.25, 0.3) is 5.91 Å². The van der Waals surface area contributed by atoms with Crippen LogP contribution >= 0.6 is 11.3 Å². The summed E-state index contributed by atoms with van der Waals surface area (Å²) in [5.41, 5.74) is 2.07. The molecule has 28 heavy (non-hydrogen) atoms. The van der Waals surface area contributed by atoms with Gasteiger partial charge in [0.15, 0.2) is 23.1 Å². The number of fused-ring (bicyclic) bond motifs is 2. The molecule has 6 nitrogen and oxygen atoms in total. The molecule has 2 aliphatic heterocycles. The van der Waals surface area contributed by atoms with Gasteiger partial charge >= 0.3 is 0 Å². The van der Waals surface area contributed by atoms with Gasteiger partial charge in [-0.1, -0.05) is 18.2 Å². The van der Waals surface area contributed by atoms with E-state index in [9.17, 15) is 4.79 Å². The number of ether oxygens (including phenoxy) is 2. The molecule has 0 saturated carbocycles. The minimum absolute atomic E-state index is 0.0701. The molecule has 2 atom stereocenters. The number of amides is 1. The molecule has 2 N–H and O–H groups in total. The van der Waals surface area contributed by atoms with Gasteiger partial charge in [-0.05, 0) is 29.8 Å². The number of quaternary nitrogens is 1. The summed E-state index contributed by atoms with van der Waals surface area (Å²) in [5.74, 6) is 1.57. The highest BCUT2D eigenvalue weighted by molar-refractivity contribution is 7.18. The van der Waals surface area contributed by atoms with Crippen LogP contribution in [0.3, 0.4) is 0 Å². The maximum atomic E-state index is 12.6. The molecule has 5 rings (SSSR count). The van der Waals surface area contributed by atoms with Gasteiger partial charge in [-0.3, -0.25) is 4.79 Å². The standard InChI is InChI=1S/C21H21N3O3S/c25-20(22-11-14-7-8-17-18(10-14)27-13-26-17)12-24-9-3-5-16(24)21-23-15-4-1-2-6-19(15)28-21/h1-2,4,6-8,10,16H,3,5,9,11-13H2,(H,22,25)/p+1/t16-/m1/s1. The smallest absolute Gasteiger partial charge is 0.275 e. The van der Waals surface area contributed by atoms with Crippen molar-refractivity contribution in [1.82, 2.24) is 10.3 Å². The number of aromatic nitrogens is 1. The minimum Gasteiger partial charge on any atom is -0.454 e. The molecule has 0 radical (unpaired) electrons. The summed E-state index contributed by atoms with van der Waals surface area (Å²) in [7, 11) is 0. The van der Waals surface area contributed by atoms with E-state index in [1.807, 2.05) is 30.3 Å². The van der Waals surface area contributed by atoms with Crippen molar-refractivity contribution in [3.63, 3.8) is 0 Å². The fraction of sp³-hybridized carbons (Fsp3) is 0.333. The number of nitrogens with zero attached hydrogens (tertiary/aromatic N) is 1. The molecule has 1 saturated heterocycles. The van der Waals surface area contributed by atoms with Gasteiger partial charge in [0.05, 0.1) is 16.8 Å². The number of likely N-dealkylation sites (tertiary alicyclic amines) is 1. The lowest BCUT2D eigenvalue weighted by Crippen LogP contribution is -3.11. The second-order valence-corrected chi connectivity index (χ2v) is 8.33. The molecular formula is C21H22N3O3S+. The first-order valence-corrected chi connectivity index (χ1v) is 10.4. The fourth-order valence-corrected chi connectivity index (χ4v) is 5.14. The first-order valence-electron chi connectivity index (χ1n) is 9.61. The van der Waals surface area contributed by atoms with Crippen molar-refractivity contribution in [2.24, 2.45) is 0 Å². The summed E-state index contributed by atoms with van der Waals surface area (Å²) < 4.78 is 11.9. The van der Waals surface area contributed by atoms with E-state index in [4.69, 9.17) is 14.5 Å². The van der Waals surface area contributed by atoms with Gasteiger partial charge in [0.1, 0.15) is 6.04 Å². The Morgan fingerprint density at radius 1 is 1.21 bits per heavy atom. The molecule has 2 aromatic carbocycles. The molecule has 1 fully saturated rings. The average molecular weight is 396 g/mol.